The van der Waals surface area contributed by atoms with Gasteiger partial charge in [-0.15, -0.1) is 11.3 Å². The highest BCUT2D eigenvalue weighted by Crippen LogP contribution is 2.36. The van der Waals surface area contributed by atoms with E-state index in [0.717, 1.165) is 52.2 Å². The van der Waals surface area contributed by atoms with Crippen molar-refractivity contribution in [3.63, 3.8) is 0 Å². The van der Waals surface area contributed by atoms with E-state index in [-0.39, 0.29) is 0 Å². The SMILES string of the molecule is c1ccc(CCCNc2nc(-c3ccncc3)nc3c(-c4ccn[nH]4)csc23)cc1. The zero-order valence-electron chi connectivity index (χ0n) is 16.2. The summed E-state index contributed by atoms with van der Waals surface area (Å²) in [6.45, 7) is 0.841. The first-order valence-electron chi connectivity index (χ1n) is 9.85. The fourth-order valence-electron chi connectivity index (χ4n) is 3.41. The van der Waals surface area contributed by atoms with Crippen molar-refractivity contribution in [2.75, 3.05) is 11.9 Å². The van der Waals surface area contributed by atoms with Crippen LogP contribution in [0, 0.1) is 0 Å². The number of aromatic amines is 1. The summed E-state index contributed by atoms with van der Waals surface area (Å²) >= 11 is 1.65. The second-order valence-electron chi connectivity index (χ2n) is 6.95. The molecule has 0 atom stereocenters. The average molecular weight is 413 g/mol. The maximum Gasteiger partial charge on any atom is 0.162 e. The molecule has 0 bridgehead atoms. The number of hydrogen-bond acceptors (Lipinski definition) is 6. The number of pyridine rings is 1. The molecule has 4 heterocycles. The van der Waals surface area contributed by atoms with Gasteiger partial charge in [-0.25, -0.2) is 9.97 Å². The van der Waals surface area contributed by atoms with E-state index in [1.54, 1.807) is 29.9 Å². The monoisotopic (exact) mass is 412 g/mol. The highest BCUT2D eigenvalue weighted by atomic mass is 32.1. The molecule has 0 fully saturated rings. The van der Waals surface area contributed by atoms with Crippen LogP contribution < -0.4 is 5.32 Å². The Morgan fingerprint density at radius 2 is 1.80 bits per heavy atom. The molecule has 2 N–H and O–H groups in total. The minimum Gasteiger partial charge on any atom is -0.369 e. The van der Waals surface area contributed by atoms with Crippen LogP contribution in [0.3, 0.4) is 0 Å². The Hall–Kier alpha value is -3.58. The lowest BCUT2D eigenvalue weighted by Crippen LogP contribution is -2.06. The molecule has 5 rings (SSSR count). The number of rotatable bonds is 7. The summed E-state index contributed by atoms with van der Waals surface area (Å²) in [4.78, 5) is 13.8. The number of thiophene rings is 1. The molecule has 1 aromatic carbocycles. The van der Waals surface area contributed by atoms with Gasteiger partial charge in [0.25, 0.3) is 0 Å². The van der Waals surface area contributed by atoms with Crippen molar-refractivity contribution in [1.82, 2.24) is 25.1 Å². The zero-order valence-corrected chi connectivity index (χ0v) is 17.1. The molecule has 0 saturated heterocycles. The third kappa shape index (κ3) is 3.79. The van der Waals surface area contributed by atoms with Crippen molar-refractivity contribution in [3.05, 3.63) is 78.1 Å². The standard InChI is InChI=1S/C23H20N6S/c1-2-5-16(6-3-1)7-4-11-25-23-21-20(18(15-30-21)19-10-14-26-29-19)27-22(28-23)17-8-12-24-13-9-17/h1-3,5-6,8-10,12-15H,4,7,11H2,(H,26,29)(H,25,27,28). The Morgan fingerprint density at radius 3 is 2.60 bits per heavy atom. The molecule has 0 aliphatic heterocycles. The van der Waals surface area contributed by atoms with Gasteiger partial charge in [0.2, 0.25) is 0 Å². The van der Waals surface area contributed by atoms with Gasteiger partial charge in [-0.1, -0.05) is 30.3 Å². The lowest BCUT2D eigenvalue weighted by Gasteiger charge is -2.09. The summed E-state index contributed by atoms with van der Waals surface area (Å²) in [5, 5.41) is 12.8. The van der Waals surface area contributed by atoms with E-state index >= 15 is 0 Å². The number of hydrogen-bond donors (Lipinski definition) is 2. The van der Waals surface area contributed by atoms with Crippen LogP contribution in [-0.2, 0) is 6.42 Å². The first kappa shape index (κ1) is 18.4. The van der Waals surface area contributed by atoms with Gasteiger partial charge in [-0.2, -0.15) is 5.10 Å². The van der Waals surface area contributed by atoms with Crippen LogP contribution in [0.2, 0.25) is 0 Å². The van der Waals surface area contributed by atoms with E-state index in [4.69, 9.17) is 9.97 Å². The molecule has 5 aromatic rings. The van der Waals surface area contributed by atoms with Crippen LogP contribution in [0.4, 0.5) is 5.82 Å². The third-order valence-corrected chi connectivity index (χ3v) is 5.90. The number of aromatic nitrogens is 5. The van der Waals surface area contributed by atoms with Crippen LogP contribution in [0.15, 0.2) is 72.5 Å². The maximum atomic E-state index is 4.88. The van der Waals surface area contributed by atoms with Crippen molar-refractivity contribution >= 4 is 27.4 Å². The van der Waals surface area contributed by atoms with Crippen molar-refractivity contribution in [3.8, 4) is 22.6 Å². The Balaban J connectivity index is 1.46. The van der Waals surface area contributed by atoms with Crippen LogP contribution >= 0.6 is 11.3 Å². The molecule has 0 spiro atoms. The van der Waals surface area contributed by atoms with Crippen LogP contribution in [0.5, 0.6) is 0 Å². The molecule has 0 aliphatic carbocycles. The Morgan fingerprint density at radius 1 is 0.933 bits per heavy atom. The first-order chi connectivity index (χ1) is 14.9. The quantitative estimate of drug-likeness (QED) is 0.360. The van der Waals surface area contributed by atoms with E-state index < -0.39 is 0 Å². The van der Waals surface area contributed by atoms with Gasteiger partial charge in [0.15, 0.2) is 5.82 Å². The Bertz CT molecular complexity index is 1230. The number of H-pyrrole nitrogens is 1. The van der Waals surface area contributed by atoms with Crippen LogP contribution in [0.25, 0.3) is 32.9 Å². The highest BCUT2D eigenvalue weighted by Gasteiger charge is 2.16. The molecule has 0 unspecified atom stereocenters. The largest absolute Gasteiger partial charge is 0.369 e. The number of benzene rings is 1. The number of anilines is 1. The molecule has 6 nitrogen and oxygen atoms in total. The van der Waals surface area contributed by atoms with Crippen LogP contribution in [-0.4, -0.2) is 31.7 Å². The van der Waals surface area contributed by atoms with E-state index in [2.05, 4.69) is 50.1 Å². The molecular formula is C23H20N6S. The molecule has 30 heavy (non-hydrogen) atoms. The summed E-state index contributed by atoms with van der Waals surface area (Å²) in [6, 6.07) is 16.4. The molecule has 4 aromatic heterocycles. The molecule has 0 amide bonds. The fraction of sp³-hybridized carbons (Fsp3) is 0.130. The van der Waals surface area contributed by atoms with Gasteiger partial charge in [0, 0.05) is 41.6 Å². The van der Waals surface area contributed by atoms with Crippen molar-refractivity contribution in [2.24, 2.45) is 0 Å². The van der Waals surface area contributed by atoms with Crippen molar-refractivity contribution < 1.29 is 0 Å². The van der Waals surface area contributed by atoms with Gasteiger partial charge in [0.05, 0.1) is 15.9 Å². The predicted molar refractivity (Wildman–Crippen MR) is 121 cm³/mol. The summed E-state index contributed by atoms with van der Waals surface area (Å²) in [7, 11) is 0. The minimum atomic E-state index is 0.689. The maximum absolute atomic E-state index is 4.88. The normalized spacial score (nSPS) is 11.1. The van der Waals surface area contributed by atoms with E-state index in [0.29, 0.717) is 5.82 Å². The summed E-state index contributed by atoms with van der Waals surface area (Å²) in [5.74, 6) is 1.56. The van der Waals surface area contributed by atoms with Gasteiger partial charge in [-0.05, 0) is 36.6 Å². The summed E-state index contributed by atoms with van der Waals surface area (Å²) in [5.41, 5.74) is 5.22. The lowest BCUT2D eigenvalue weighted by molar-refractivity contribution is 0.860. The number of nitrogens with zero attached hydrogens (tertiary/aromatic N) is 4. The molecule has 7 heteroatoms. The van der Waals surface area contributed by atoms with Gasteiger partial charge < -0.3 is 5.32 Å². The number of fused-ring (bicyclic) bond motifs is 1. The average Bonchev–Trinajstić information content (AvgIpc) is 3.47. The molecule has 0 aliphatic rings. The zero-order chi connectivity index (χ0) is 20.2. The highest BCUT2D eigenvalue weighted by molar-refractivity contribution is 7.18. The molecule has 148 valence electrons. The van der Waals surface area contributed by atoms with E-state index in [1.807, 2.05) is 24.3 Å². The smallest absolute Gasteiger partial charge is 0.162 e. The summed E-state index contributed by atoms with van der Waals surface area (Å²) in [6.07, 6.45) is 7.34. The van der Waals surface area contributed by atoms with Crippen molar-refractivity contribution in [1.29, 1.82) is 0 Å². The van der Waals surface area contributed by atoms with Gasteiger partial charge in [-0.3, -0.25) is 10.1 Å². The third-order valence-electron chi connectivity index (χ3n) is 4.92. The van der Waals surface area contributed by atoms with Crippen molar-refractivity contribution in [2.45, 2.75) is 12.8 Å². The minimum absolute atomic E-state index is 0.689. The topological polar surface area (TPSA) is 79.4 Å². The molecule has 0 saturated carbocycles. The first-order valence-corrected chi connectivity index (χ1v) is 10.7. The van der Waals surface area contributed by atoms with E-state index in [1.165, 1.54) is 5.56 Å². The van der Waals surface area contributed by atoms with E-state index in [9.17, 15) is 0 Å². The molecular weight excluding hydrogens is 392 g/mol. The summed E-state index contributed by atoms with van der Waals surface area (Å²) < 4.78 is 1.05. The van der Waals surface area contributed by atoms with Gasteiger partial charge in [0.1, 0.15) is 5.82 Å². The Kier molecular flexibility index (Phi) is 5.18. The van der Waals surface area contributed by atoms with Crippen LogP contribution in [0.1, 0.15) is 12.0 Å². The Labute approximate surface area is 178 Å². The number of aryl methyl sites for hydroxylation is 1. The molecule has 0 radical (unpaired) electrons. The second kappa shape index (κ2) is 8.42. The van der Waals surface area contributed by atoms with Gasteiger partial charge >= 0.3 is 0 Å². The predicted octanol–water partition coefficient (Wildman–Crippen LogP) is 5.19. The lowest BCUT2D eigenvalue weighted by atomic mass is 10.1. The fourth-order valence-corrected chi connectivity index (χ4v) is 4.38. The second-order valence-corrected chi connectivity index (χ2v) is 7.82. The number of nitrogens with one attached hydrogen (secondary N) is 2.